The van der Waals surface area contributed by atoms with E-state index in [4.69, 9.17) is 21.3 Å². The maximum Gasteiger partial charge on any atom is 0.340 e. The Labute approximate surface area is 166 Å². The van der Waals surface area contributed by atoms with Crippen molar-refractivity contribution in [2.75, 3.05) is 6.61 Å². The fourth-order valence-corrected chi connectivity index (χ4v) is 4.12. The van der Waals surface area contributed by atoms with Gasteiger partial charge in [0.05, 0.1) is 29.9 Å². The molecule has 6 heteroatoms. The van der Waals surface area contributed by atoms with E-state index in [1.165, 1.54) is 0 Å². The first-order valence-electron chi connectivity index (χ1n) is 8.61. The number of esters is 1. The Hall–Kier alpha value is -2.63. The summed E-state index contributed by atoms with van der Waals surface area (Å²) in [6, 6.07) is 15.6. The maximum atomic E-state index is 12.4. The smallest absolute Gasteiger partial charge is 0.340 e. The van der Waals surface area contributed by atoms with E-state index in [9.17, 15) is 4.79 Å². The van der Waals surface area contributed by atoms with Crippen LogP contribution in [0.2, 0.25) is 5.02 Å². The Balaban J connectivity index is 1.71. The van der Waals surface area contributed by atoms with Gasteiger partial charge in [-0.2, -0.15) is 0 Å². The van der Waals surface area contributed by atoms with E-state index in [1.54, 1.807) is 24.3 Å². The number of ether oxygens (including phenoxy) is 1. The molecule has 0 aliphatic carbocycles. The summed E-state index contributed by atoms with van der Waals surface area (Å²) < 4.78 is 7.22. The predicted molar refractivity (Wildman–Crippen MR) is 110 cm³/mol. The third-order valence-corrected chi connectivity index (χ3v) is 5.38. The molecule has 0 saturated heterocycles. The summed E-state index contributed by atoms with van der Waals surface area (Å²) in [5.41, 5.74) is 3.33. The number of aromatic nitrogens is 2. The Kier molecular flexibility index (Phi) is 4.97. The van der Waals surface area contributed by atoms with Gasteiger partial charge in [-0.05, 0) is 25.1 Å². The summed E-state index contributed by atoms with van der Waals surface area (Å²) in [6.07, 6.45) is 1.95. The quantitative estimate of drug-likeness (QED) is 0.410. The molecule has 2 aromatic heterocycles. The van der Waals surface area contributed by atoms with Gasteiger partial charge in [-0.1, -0.05) is 41.9 Å². The molecule has 0 spiro atoms. The number of benzene rings is 2. The topological polar surface area (TPSA) is 44.1 Å². The van der Waals surface area contributed by atoms with Crippen molar-refractivity contribution in [1.82, 2.24) is 9.55 Å². The molecule has 0 aliphatic heterocycles. The number of halogens is 1. The Morgan fingerprint density at radius 1 is 1.22 bits per heavy atom. The zero-order valence-corrected chi connectivity index (χ0v) is 16.3. The zero-order valence-electron chi connectivity index (χ0n) is 14.7. The van der Waals surface area contributed by atoms with Gasteiger partial charge in [0.25, 0.3) is 0 Å². The average Bonchev–Trinajstić information content (AvgIpc) is 3.30. The molecule has 2 aromatic carbocycles. The van der Waals surface area contributed by atoms with E-state index in [-0.39, 0.29) is 5.97 Å². The normalized spacial score (nSPS) is 11.0. The highest BCUT2D eigenvalue weighted by molar-refractivity contribution is 7.13. The lowest BCUT2D eigenvalue weighted by molar-refractivity contribution is 0.0528. The van der Waals surface area contributed by atoms with E-state index in [2.05, 4.69) is 12.1 Å². The number of fused-ring (bicyclic) bond motifs is 1. The van der Waals surface area contributed by atoms with Crippen LogP contribution in [0.3, 0.4) is 0 Å². The molecule has 0 aliphatic rings. The monoisotopic (exact) mass is 396 g/mol. The summed E-state index contributed by atoms with van der Waals surface area (Å²) >= 11 is 7.79. The van der Waals surface area contributed by atoms with Crippen LogP contribution in [0.15, 0.2) is 60.1 Å². The predicted octanol–water partition coefficient (Wildman–Crippen LogP) is 5.64. The number of carbonyl (C=O) groups excluding carboxylic acids is 1. The Bertz CT molecular complexity index is 1100. The summed E-state index contributed by atoms with van der Waals surface area (Å²) in [6.45, 7) is 2.68. The second-order valence-corrected chi connectivity index (χ2v) is 7.36. The van der Waals surface area contributed by atoms with Crippen molar-refractivity contribution >= 4 is 39.8 Å². The highest BCUT2D eigenvalue weighted by atomic mass is 35.5. The van der Waals surface area contributed by atoms with Crippen LogP contribution in [-0.2, 0) is 11.3 Å². The molecular formula is C21H17ClN2O2S. The molecule has 0 N–H and O–H groups in total. The first-order chi connectivity index (χ1) is 13.2. The molecule has 0 atom stereocenters. The molecule has 4 rings (SSSR count). The summed E-state index contributed by atoms with van der Waals surface area (Å²) in [4.78, 5) is 17.1. The van der Waals surface area contributed by atoms with E-state index < -0.39 is 0 Å². The Morgan fingerprint density at radius 2 is 2.04 bits per heavy atom. The van der Waals surface area contributed by atoms with Gasteiger partial charge in [0.15, 0.2) is 0 Å². The summed E-state index contributed by atoms with van der Waals surface area (Å²) in [5, 5.41) is 4.46. The number of hydrogen-bond donors (Lipinski definition) is 0. The van der Waals surface area contributed by atoms with Gasteiger partial charge in [0, 0.05) is 27.5 Å². The van der Waals surface area contributed by atoms with Crippen molar-refractivity contribution in [3.8, 4) is 10.6 Å². The zero-order chi connectivity index (χ0) is 18.8. The largest absolute Gasteiger partial charge is 0.462 e. The molecule has 136 valence electrons. The highest BCUT2D eigenvalue weighted by Gasteiger charge is 2.17. The van der Waals surface area contributed by atoms with Crippen LogP contribution in [0.25, 0.3) is 21.5 Å². The number of nitrogens with zero attached hydrogens (tertiary/aromatic N) is 2. The molecule has 0 unspecified atom stereocenters. The van der Waals surface area contributed by atoms with Crippen molar-refractivity contribution in [2.24, 2.45) is 0 Å². The van der Waals surface area contributed by atoms with E-state index in [0.29, 0.717) is 23.7 Å². The first kappa shape index (κ1) is 17.8. The Morgan fingerprint density at radius 3 is 2.81 bits per heavy atom. The third-order valence-electron chi connectivity index (χ3n) is 4.23. The highest BCUT2D eigenvalue weighted by Crippen LogP contribution is 2.28. The van der Waals surface area contributed by atoms with Crippen LogP contribution in [0.1, 0.15) is 23.0 Å². The van der Waals surface area contributed by atoms with E-state index >= 15 is 0 Å². The fraction of sp³-hybridized carbons (Fsp3) is 0.143. The lowest BCUT2D eigenvalue weighted by Crippen LogP contribution is -2.08. The number of hydrogen-bond acceptors (Lipinski definition) is 4. The summed E-state index contributed by atoms with van der Waals surface area (Å²) in [5.74, 6) is -0.367. The second kappa shape index (κ2) is 7.55. The molecule has 2 heterocycles. The minimum absolute atomic E-state index is 0.320. The van der Waals surface area contributed by atoms with Gasteiger partial charge in [0.1, 0.15) is 5.01 Å². The number of thiazole rings is 1. The average molecular weight is 397 g/mol. The SMILES string of the molecule is CCOC(=O)c1cc(Cl)cc2ccn(Cc3csc(-c4ccccc4)n3)c12. The maximum absolute atomic E-state index is 12.4. The van der Waals surface area contributed by atoms with Gasteiger partial charge in [-0.3, -0.25) is 0 Å². The number of rotatable bonds is 5. The molecule has 0 amide bonds. The van der Waals surface area contributed by atoms with Gasteiger partial charge in [-0.25, -0.2) is 9.78 Å². The first-order valence-corrected chi connectivity index (χ1v) is 9.87. The van der Waals surface area contributed by atoms with Crippen LogP contribution >= 0.6 is 22.9 Å². The van der Waals surface area contributed by atoms with Crippen molar-refractivity contribution in [2.45, 2.75) is 13.5 Å². The minimum Gasteiger partial charge on any atom is -0.462 e. The molecule has 0 saturated carbocycles. The van der Waals surface area contributed by atoms with E-state index in [1.807, 2.05) is 46.5 Å². The lowest BCUT2D eigenvalue weighted by Gasteiger charge is -2.09. The molecule has 0 radical (unpaired) electrons. The van der Waals surface area contributed by atoms with Crippen LogP contribution in [0.5, 0.6) is 0 Å². The molecule has 27 heavy (non-hydrogen) atoms. The van der Waals surface area contributed by atoms with Crippen molar-refractivity contribution in [1.29, 1.82) is 0 Å². The van der Waals surface area contributed by atoms with Crippen molar-refractivity contribution in [3.63, 3.8) is 0 Å². The minimum atomic E-state index is -0.367. The van der Waals surface area contributed by atoms with Crippen LogP contribution in [0, 0.1) is 0 Å². The molecule has 0 fully saturated rings. The molecule has 0 bridgehead atoms. The van der Waals surface area contributed by atoms with Crippen LogP contribution in [0.4, 0.5) is 0 Å². The van der Waals surface area contributed by atoms with Gasteiger partial charge in [0.2, 0.25) is 0 Å². The third kappa shape index (κ3) is 3.61. The molecule has 4 nitrogen and oxygen atoms in total. The fourth-order valence-electron chi connectivity index (χ4n) is 3.08. The van der Waals surface area contributed by atoms with Crippen molar-refractivity contribution < 1.29 is 9.53 Å². The van der Waals surface area contributed by atoms with Crippen LogP contribution < -0.4 is 0 Å². The molecule has 4 aromatic rings. The van der Waals surface area contributed by atoms with Gasteiger partial charge >= 0.3 is 5.97 Å². The number of carbonyl (C=O) groups is 1. The van der Waals surface area contributed by atoms with Crippen molar-refractivity contribution in [3.05, 3.63) is 76.4 Å². The van der Waals surface area contributed by atoms with Crippen LogP contribution in [-0.4, -0.2) is 22.1 Å². The second-order valence-electron chi connectivity index (χ2n) is 6.07. The van der Waals surface area contributed by atoms with Gasteiger partial charge in [-0.15, -0.1) is 11.3 Å². The van der Waals surface area contributed by atoms with Gasteiger partial charge < -0.3 is 9.30 Å². The van der Waals surface area contributed by atoms with E-state index in [0.717, 1.165) is 27.2 Å². The summed E-state index contributed by atoms with van der Waals surface area (Å²) in [7, 11) is 0. The lowest BCUT2D eigenvalue weighted by atomic mass is 10.1. The molecular weight excluding hydrogens is 380 g/mol. The standard InChI is InChI=1S/C21H17ClN2O2S/c1-2-26-21(25)18-11-16(22)10-15-8-9-24(19(15)18)12-17-13-27-20(23-17)14-6-4-3-5-7-14/h3-11,13H,2,12H2,1H3.